The first-order chi connectivity index (χ1) is 9.65. The molecule has 0 bridgehead atoms. The molecule has 0 saturated heterocycles. The van der Waals surface area contributed by atoms with E-state index >= 15 is 0 Å². The Kier molecular flexibility index (Phi) is 3.02. The molecule has 5 heteroatoms. The average Bonchev–Trinajstić information content (AvgIpc) is 2.88. The molecule has 0 aliphatic heterocycles. The first-order valence-electron chi connectivity index (χ1n) is 6.35. The van der Waals surface area contributed by atoms with E-state index in [4.69, 9.17) is 4.42 Å². The second kappa shape index (κ2) is 4.85. The lowest BCUT2D eigenvalue weighted by molar-refractivity contribution is 0.582. The minimum atomic E-state index is 0.445. The second-order valence-electron chi connectivity index (χ2n) is 4.64. The number of benzene rings is 1. The summed E-state index contributed by atoms with van der Waals surface area (Å²) in [4.78, 5) is 8.49. The fourth-order valence-corrected chi connectivity index (χ4v) is 2.05. The van der Waals surface area contributed by atoms with E-state index in [1.807, 2.05) is 45.0 Å². The van der Waals surface area contributed by atoms with E-state index in [9.17, 15) is 0 Å². The van der Waals surface area contributed by atoms with Crippen LogP contribution in [0.1, 0.15) is 17.1 Å². The van der Waals surface area contributed by atoms with Crippen LogP contribution in [0.3, 0.4) is 0 Å². The Hall–Kier alpha value is -2.56. The van der Waals surface area contributed by atoms with Gasteiger partial charge in [0.2, 0.25) is 5.89 Å². The lowest BCUT2D eigenvalue weighted by Gasteiger charge is -2.01. The highest BCUT2D eigenvalue weighted by Crippen LogP contribution is 2.26. The molecule has 0 unspecified atom stereocenters. The molecule has 1 aromatic carbocycles. The summed E-state index contributed by atoms with van der Waals surface area (Å²) in [6, 6.07) is 7.91. The van der Waals surface area contributed by atoms with Gasteiger partial charge in [-0.15, -0.1) is 10.2 Å². The van der Waals surface area contributed by atoms with Crippen molar-refractivity contribution in [3.05, 3.63) is 47.5 Å². The Morgan fingerprint density at radius 1 is 0.900 bits per heavy atom. The zero-order chi connectivity index (χ0) is 14.1. The summed E-state index contributed by atoms with van der Waals surface area (Å²) in [5, 5.41) is 8.21. The van der Waals surface area contributed by atoms with Crippen LogP contribution in [0.5, 0.6) is 0 Å². The van der Waals surface area contributed by atoms with Crippen molar-refractivity contribution in [2.24, 2.45) is 0 Å². The number of hydrogen-bond acceptors (Lipinski definition) is 5. The number of rotatable bonds is 2. The third-order valence-corrected chi connectivity index (χ3v) is 3.13. The van der Waals surface area contributed by atoms with Gasteiger partial charge in [0.15, 0.2) is 0 Å². The van der Waals surface area contributed by atoms with Gasteiger partial charge in [0.1, 0.15) is 5.82 Å². The maximum atomic E-state index is 5.76. The summed E-state index contributed by atoms with van der Waals surface area (Å²) in [6.45, 7) is 5.77. The molecule has 0 fully saturated rings. The SMILES string of the molecule is Cc1ncc(-c2nnc(-c3ccccc3C)o2)c(C)n1. The third-order valence-electron chi connectivity index (χ3n) is 3.13. The van der Waals surface area contributed by atoms with Crippen LogP contribution in [0.15, 0.2) is 34.9 Å². The Morgan fingerprint density at radius 3 is 2.30 bits per heavy atom. The molecule has 100 valence electrons. The molecular weight excluding hydrogens is 252 g/mol. The van der Waals surface area contributed by atoms with Gasteiger partial charge in [-0.1, -0.05) is 18.2 Å². The number of aryl methyl sites for hydroxylation is 3. The monoisotopic (exact) mass is 266 g/mol. The van der Waals surface area contributed by atoms with Crippen LogP contribution in [0, 0.1) is 20.8 Å². The lowest BCUT2D eigenvalue weighted by Crippen LogP contribution is -1.93. The zero-order valence-corrected chi connectivity index (χ0v) is 11.6. The van der Waals surface area contributed by atoms with Crippen molar-refractivity contribution in [1.82, 2.24) is 20.2 Å². The molecule has 0 radical (unpaired) electrons. The molecule has 0 spiro atoms. The van der Waals surface area contributed by atoms with Crippen LogP contribution in [0.25, 0.3) is 22.9 Å². The van der Waals surface area contributed by atoms with E-state index in [0.29, 0.717) is 11.8 Å². The van der Waals surface area contributed by atoms with Gasteiger partial charge in [-0.05, 0) is 32.4 Å². The Morgan fingerprint density at radius 2 is 1.60 bits per heavy atom. The van der Waals surface area contributed by atoms with Crippen LogP contribution < -0.4 is 0 Å². The smallest absolute Gasteiger partial charge is 0.251 e. The van der Waals surface area contributed by atoms with Gasteiger partial charge in [0, 0.05) is 11.8 Å². The van der Waals surface area contributed by atoms with Crippen molar-refractivity contribution < 1.29 is 4.42 Å². The van der Waals surface area contributed by atoms with Gasteiger partial charge in [-0.3, -0.25) is 0 Å². The molecule has 0 atom stereocenters. The van der Waals surface area contributed by atoms with E-state index in [2.05, 4.69) is 20.2 Å². The van der Waals surface area contributed by atoms with E-state index < -0.39 is 0 Å². The van der Waals surface area contributed by atoms with Crippen molar-refractivity contribution in [3.63, 3.8) is 0 Å². The largest absolute Gasteiger partial charge is 0.416 e. The van der Waals surface area contributed by atoms with Gasteiger partial charge >= 0.3 is 0 Å². The fourth-order valence-electron chi connectivity index (χ4n) is 2.05. The topological polar surface area (TPSA) is 64.7 Å². The van der Waals surface area contributed by atoms with Gasteiger partial charge < -0.3 is 4.42 Å². The zero-order valence-electron chi connectivity index (χ0n) is 11.6. The summed E-state index contributed by atoms with van der Waals surface area (Å²) >= 11 is 0. The normalized spacial score (nSPS) is 10.8. The molecule has 0 aliphatic rings. The van der Waals surface area contributed by atoms with Crippen molar-refractivity contribution in [1.29, 1.82) is 0 Å². The van der Waals surface area contributed by atoms with E-state index in [0.717, 1.165) is 28.2 Å². The van der Waals surface area contributed by atoms with Crippen LogP contribution in [0.2, 0.25) is 0 Å². The minimum absolute atomic E-state index is 0.445. The second-order valence-corrected chi connectivity index (χ2v) is 4.64. The van der Waals surface area contributed by atoms with E-state index in [1.165, 1.54) is 0 Å². The summed E-state index contributed by atoms with van der Waals surface area (Å²) in [5.41, 5.74) is 3.64. The van der Waals surface area contributed by atoms with Crippen LogP contribution in [-0.4, -0.2) is 20.2 Å². The first-order valence-corrected chi connectivity index (χ1v) is 6.35. The molecule has 3 aromatic rings. The van der Waals surface area contributed by atoms with Crippen molar-refractivity contribution in [2.75, 3.05) is 0 Å². The van der Waals surface area contributed by atoms with Gasteiger partial charge in [0.05, 0.1) is 11.3 Å². The predicted octanol–water partition coefficient (Wildman–Crippen LogP) is 3.12. The van der Waals surface area contributed by atoms with Crippen LogP contribution in [-0.2, 0) is 0 Å². The van der Waals surface area contributed by atoms with E-state index in [-0.39, 0.29) is 0 Å². The third kappa shape index (κ3) is 2.18. The predicted molar refractivity (Wildman–Crippen MR) is 75.0 cm³/mol. The quantitative estimate of drug-likeness (QED) is 0.713. The summed E-state index contributed by atoms with van der Waals surface area (Å²) < 4.78 is 5.76. The Balaban J connectivity index is 2.04. The van der Waals surface area contributed by atoms with Crippen LogP contribution in [0.4, 0.5) is 0 Å². The average molecular weight is 266 g/mol. The van der Waals surface area contributed by atoms with E-state index in [1.54, 1.807) is 6.20 Å². The molecule has 2 aromatic heterocycles. The molecule has 0 saturated carbocycles. The van der Waals surface area contributed by atoms with Crippen molar-refractivity contribution in [3.8, 4) is 22.9 Å². The molecule has 2 heterocycles. The standard InChI is InChI=1S/C15H14N4O/c1-9-6-4-5-7-12(9)14-18-19-15(20-14)13-8-16-11(3)17-10(13)2/h4-8H,1-3H3. The molecule has 0 aliphatic carbocycles. The van der Waals surface area contributed by atoms with Crippen LogP contribution >= 0.6 is 0 Å². The molecular formula is C15H14N4O. The highest BCUT2D eigenvalue weighted by molar-refractivity contribution is 5.61. The van der Waals surface area contributed by atoms with Gasteiger partial charge in [0.25, 0.3) is 5.89 Å². The Bertz CT molecular complexity index is 764. The summed E-state index contributed by atoms with van der Waals surface area (Å²) in [5.74, 6) is 1.68. The van der Waals surface area contributed by atoms with Gasteiger partial charge in [-0.2, -0.15) is 0 Å². The molecule has 20 heavy (non-hydrogen) atoms. The molecule has 5 nitrogen and oxygen atoms in total. The summed E-state index contributed by atoms with van der Waals surface area (Å²) in [6.07, 6.45) is 1.72. The Labute approximate surface area is 116 Å². The lowest BCUT2D eigenvalue weighted by atomic mass is 10.1. The number of aromatic nitrogens is 4. The van der Waals surface area contributed by atoms with Gasteiger partial charge in [-0.25, -0.2) is 9.97 Å². The van der Waals surface area contributed by atoms with Crippen molar-refractivity contribution >= 4 is 0 Å². The summed E-state index contributed by atoms with van der Waals surface area (Å²) in [7, 11) is 0. The number of hydrogen-bond donors (Lipinski definition) is 0. The molecule has 0 amide bonds. The maximum Gasteiger partial charge on any atom is 0.251 e. The first kappa shape index (κ1) is 12.5. The minimum Gasteiger partial charge on any atom is -0.416 e. The maximum absolute atomic E-state index is 5.76. The molecule has 3 rings (SSSR count). The fraction of sp³-hybridized carbons (Fsp3) is 0.200. The highest BCUT2D eigenvalue weighted by Gasteiger charge is 2.14. The van der Waals surface area contributed by atoms with Crippen molar-refractivity contribution in [2.45, 2.75) is 20.8 Å². The molecule has 0 N–H and O–H groups in total. The highest BCUT2D eigenvalue weighted by atomic mass is 16.4. The number of nitrogens with zero attached hydrogens (tertiary/aromatic N) is 4.